The maximum Gasteiger partial charge on any atom is 0.00670 e. The van der Waals surface area contributed by atoms with Gasteiger partial charge in [0, 0.05) is 6.04 Å². The number of nitrogens with one attached hydrogen (secondary N) is 1. The summed E-state index contributed by atoms with van der Waals surface area (Å²) in [5.41, 5.74) is 0. The second-order valence-corrected chi connectivity index (χ2v) is 8.06. The van der Waals surface area contributed by atoms with Crippen molar-refractivity contribution in [1.82, 2.24) is 5.32 Å². The van der Waals surface area contributed by atoms with E-state index in [9.17, 15) is 0 Å². The Bertz CT molecular complexity index is 230. The van der Waals surface area contributed by atoms with E-state index in [1.54, 1.807) is 0 Å². The van der Waals surface area contributed by atoms with E-state index in [1.165, 1.54) is 122 Å². The molecule has 130 valence electrons. The molecule has 1 nitrogen and oxygen atoms in total. The zero-order chi connectivity index (χ0) is 15.3. The minimum Gasteiger partial charge on any atom is -0.314 e. The van der Waals surface area contributed by atoms with Gasteiger partial charge in [-0.25, -0.2) is 0 Å². The van der Waals surface area contributed by atoms with E-state index in [4.69, 9.17) is 0 Å². The Labute approximate surface area is 140 Å². The lowest BCUT2D eigenvalue weighted by atomic mass is 9.93. The molecule has 1 heteroatoms. The molecule has 0 bridgehead atoms. The van der Waals surface area contributed by atoms with Crippen LogP contribution in [-0.4, -0.2) is 12.6 Å². The van der Waals surface area contributed by atoms with Gasteiger partial charge in [-0.3, -0.25) is 0 Å². The molecule has 2 aliphatic carbocycles. The monoisotopic (exact) mass is 307 g/mol. The summed E-state index contributed by atoms with van der Waals surface area (Å²) in [6, 6.07) is 0.828. The average Bonchev–Trinajstić information content (AvgIpc) is 2.67. The maximum absolute atomic E-state index is 3.94. The highest BCUT2D eigenvalue weighted by Crippen LogP contribution is 2.24. The first-order chi connectivity index (χ1) is 10.9. The van der Waals surface area contributed by atoms with Gasteiger partial charge >= 0.3 is 0 Å². The van der Waals surface area contributed by atoms with Crippen LogP contribution in [0.3, 0.4) is 0 Å². The van der Waals surface area contributed by atoms with Crippen LogP contribution >= 0.6 is 0 Å². The summed E-state index contributed by atoms with van der Waals surface area (Å²) in [6.07, 6.45) is 26.6. The fourth-order valence-corrected chi connectivity index (χ4v) is 4.51. The van der Waals surface area contributed by atoms with Crippen LogP contribution in [0.2, 0.25) is 0 Å². The first-order valence-corrected chi connectivity index (χ1v) is 10.7. The van der Waals surface area contributed by atoms with Gasteiger partial charge in [-0.1, -0.05) is 96.3 Å². The lowest BCUT2D eigenvalue weighted by molar-refractivity contribution is 0.353. The summed E-state index contributed by atoms with van der Waals surface area (Å²) in [6.45, 7) is 1.29. The Morgan fingerprint density at radius 2 is 0.909 bits per heavy atom. The van der Waals surface area contributed by atoms with Crippen molar-refractivity contribution in [3.05, 3.63) is 0 Å². The van der Waals surface area contributed by atoms with Crippen molar-refractivity contribution in [3.63, 3.8) is 0 Å². The number of hydrogen-bond donors (Lipinski definition) is 1. The minimum absolute atomic E-state index is 0.828. The average molecular weight is 308 g/mol. The summed E-state index contributed by atoms with van der Waals surface area (Å²) in [5.74, 6) is 1.02. The highest BCUT2D eigenvalue weighted by atomic mass is 14.9. The van der Waals surface area contributed by atoms with Crippen LogP contribution < -0.4 is 5.32 Å². The highest BCUT2D eigenvalue weighted by molar-refractivity contribution is 4.71. The molecule has 0 aromatic heterocycles. The molecule has 2 saturated carbocycles. The van der Waals surface area contributed by atoms with Crippen LogP contribution in [0.4, 0.5) is 0 Å². The van der Waals surface area contributed by atoms with Crippen molar-refractivity contribution in [2.24, 2.45) is 5.92 Å². The van der Waals surface area contributed by atoms with Gasteiger partial charge < -0.3 is 5.32 Å². The molecule has 0 unspecified atom stereocenters. The van der Waals surface area contributed by atoms with Crippen LogP contribution in [0.1, 0.15) is 116 Å². The Morgan fingerprint density at radius 1 is 0.500 bits per heavy atom. The third-order valence-electron chi connectivity index (χ3n) is 6.07. The van der Waals surface area contributed by atoms with Gasteiger partial charge in [0.15, 0.2) is 0 Å². The molecule has 2 rings (SSSR count). The predicted molar refractivity (Wildman–Crippen MR) is 98.4 cm³/mol. The molecule has 0 amide bonds. The van der Waals surface area contributed by atoms with Crippen molar-refractivity contribution >= 4 is 0 Å². The lowest BCUT2D eigenvalue weighted by Crippen LogP contribution is -2.31. The normalized spacial score (nSPS) is 25.1. The molecule has 22 heavy (non-hydrogen) atoms. The Balaban J connectivity index is 1.61. The van der Waals surface area contributed by atoms with E-state index < -0.39 is 0 Å². The molecule has 2 aliphatic rings. The van der Waals surface area contributed by atoms with Gasteiger partial charge in [0.1, 0.15) is 0 Å². The molecule has 0 saturated heterocycles. The summed E-state index contributed by atoms with van der Waals surface area (Å²) in [7, 11) is 0. The first kappa shape index (κ1) is 18.3. The second-order valence-electron chi connectivity index (χ2n) is 8.06. The molecule has 2 fully saturated rings. The van der Waals surface area contributed by atoms with Crippen LogP contribution in [0.25, 0.3) is 0 Å². The topological polar surface area (TPSA) is 12.0 Å². The summed E-state index contributed by atoms with van der Waals surface area (Å²) < 4.78 is 0. The zero-order valence-corrected chi connectivity index (χ0v) is 15.1. The molecule has 0 atom stereocenters. The van der Waals surface area contributed by atoms with Gasteiger partial charge in [-0.05, 0) is 31.7 Å². The SMILES string of the molecule is C1CCCCC(NCCC2CCCCCCCC2)CCCC1. The third kappa shape index (κ3) is 8.56. The fourth-order valence-electron chi connectivity index (χ4n) is 4.51. The van der Waals surface area contributed by atoms with Gasteiger partial charge in [0.2, 0.25) is 0 Å². The van der Waals surface area contributed by atoms with Gasteiger partial charge in [-0.15, -0.1) is 0 Å². The fraction of sp³-hybridized carbons (Fsp3) is 1.00. The summed E-state index contributed by atoms with van der Waals surface area (Å²) >= 11 is 0. The van der Waals surface area contributed by atoms with Crippen LogP contribution in [0.15, 0.2) is 0 Å². The van der Waals surface area contributed by atoms with Crippen molar-refractivity contribution in [3.8, 4) is 0 Å². The van der Waals surface area contributed by atoms with E-state index in [0.717, 1.165) is 12.0 Å². The number of hydrogen-bond acceptors (Lipinski definition) is 1. The van der Waals surface area contributed by atoms with E-state index in [2.05, 4.69) is 5.32 Å². The quantitative estimate of drug-likeness (QED) is 0.616. The lowest BCUT2D eigenvalue weighted by Gasteiger charge is -2.22. The van der Waals surface area contributed by atoms with Gasteiger partial charge in [0.05, 0.1) is 0 Å². The van der Waals surface area contributed by atoms with Crippen molar-refractivity contribution in [2.45, 2.75) is 122 Å². The van der Waals surface area contributed by atoms with Crippen LogP contribution in [0.5, 0.6) is 0 Å². The molecule has 0 aromatic rings. The van der Waals surface area contributed by atoms with Crippen molar-refractivity contribution in [2.75, 3.05) is 6.54 Å². The van der Waals surface area contributed by atoms with Gasteiger partial charge in [-0.2, -0.15) is 0 Å². The third-order valence-corrected chi connectivity index (χ3v) is 6.07. The molecule has 0 heterocycles. The molecule has 0 radical (unpaired) electrons. The van der Waals surface area contributed by atoms with E-state index in [1.807, 2.05) is 0 Å². The standard InChI is InChI=1S/C21H41N/c1-2-8-12-16-21(17-13-9-3-1)22-19-18-20-14-10-6-4-5-7-11-15-20/h20-22H,1-19H2. The Kier molecular flexibility index (Phi) is 10.3. The van der Waals surface area contributed by atoms with Gasteiger partial charge in [0.25, 0.3) is 0 Å². The molecular weight excluding hydrogens is 266 g/mol. The van der Waals surface area contributed by atoms with E-state index in [-0.39, 0.29) is 0 Å². The largest absolute Gasteiger partial charge is 0.314 e. The first-order valence-electron chi connectivity index (χ1n) is 10.7. The smallest absolute Gasteiger partial charge is 0.00670 e. The van der Waals surface area contributed by atoms with Crippen molar-refractivity contribution in [1.29, 1.82) is 0 Å². The number of rotatable bonds is 4. The second kappa shape index (κ2) is 12.4. The minimum atomic E-state index is 0.828. The van der Waals surface area contributed by atoms with E-state index >= 15 is 0 Å². The molecule has 1 N–H and O–H groups in total. The zero-order valence-electron chi connectivity index (χ0n) is 15.1. The summed E-state index contributed by atoms with van der Waals surface area (Å²) in [5, 5.41) is 3.94. The van der Waals surface area contributed by atoms with Crippen LogP contribution in [0, 0.1) is 5.92 Å². The molecule has 0 aliphatic heterocycles. The maximum atomic E-state index is 3.94. The Morgan fingerprint density at radius 3 is 1.41 bits per heavy atom. The van der Waals surface area contributed by atoms with Crippen LogP contribution in [-0.2, 0) is 0 Å². The molecular formula is C21H41N. The van der Waals surface area contributed by atoms with Crippen molar-refractivity contribution < 1.29 is 0 Å². The molecule has 0 aromatic carbocycles. The summed E-state index contributed by atoms with van der Waals surface area (Å²) in [4.78, 5) is 0. The van der Waals surface area contributed by atoms with E-state index in [0.29, 0.717) is 0 Å². The Hall–Kier alpha value is -0.0400. The predicted octanol–water partition coefficient (Wildman–Crippen LogP) is 6.61. The highest BCUT2D eigenvalue weighted by Gasteiger charge is 2.13. The molecule has 0 spiro atoms.